The highest BCUT2D eigenvalue weighted by Gasteiger charge is 2.44. The van der Waals surface area contributed by atoms with Crippen LogP contribution in [-0.4, -0.2) is 18.4 Å². The van der Waals surface area contributed by atoms with E-state index in [0.29, 0.717) is 27.8 Å². The van der Waals surface area contributed by atoms with E-state index in [1.54, 1.807) is 54.6 Å². The number of carbonyl (C=O) groups excluding carboxylic acids is 2. The van der Waals surface area contributed by atoms with Crippen molar-refractivity contribution < 1.29 is 14.0 Å². The zero-order valence-electron chi connectivity index (χ0n) is 16.1. The van der Waals surface area contributed by atoms with Gasteiger partial charge in [-0.2, -0.15) is 0 Å². The van der Waals surface area contributed by atoms with E-state index in [9.17, 15) is 14.0 Å². The van der Waals surface area contributed by atoms with Crippen molar-refractivity contribution in [2.75, 3.05) is 11.9 Å². The van der Waals surface area contributed by atoms with Crippen molar-refractivity contribution in [2.45, 2.75) is 18.3 Å². The number of hydrogen-bond acceptors (Lipinski definition) is 2. The molecule has 1 fully saturated rings. The summed E-state index contributed by atoms with van der Waals surface area (Å²) in [5, 5.41) is 5.81. The zero-order chi connectivity index (χ0) is 21.1. The SMILES string of the molecule is O=C(Nc1ccccc1C(=O)NCC1(c2ccc(F)cc2)CC1)c1ccccc1Br. The van der Waals surface area contributed by atoms with Gasteiger partial charge in [0.1, 0.15) is 5.82 Å². The maximum Gasteiger partial charge on any atom is 0.256 e. The first kappa shape index (κ1) is 20.3. The molecule has 0 aromatic heterocycles. The molecular formula is C24H20BrFN2O2. The van der Waals surface area contributed by atoms with Crippen LogP contribution >= 0.6 is 15.9 Å². The molecule has 152 valence electrons. The highest BCUT2D eigenvalue weighted by molar-refractivity contribution is 9.10. The predicted molar refractivity (Wildman–Crippen MR) is 118 cm³/mol. The molecule has 0 spiro atoms. The molecule has 0 heterocycles. The Kier molecular flexibility index (Phi) is 5.68. The summed E-state index contributed by atoms with van der Waals surface area (Å²) in [6, 6.07) is 20.5. The molecule has 3 aromatic carbocycles. The lowest BCUT2D eigenvalue weighted by atomic mass is 9.96. The molecule has 1 aliphatic rings. The van der Waals surface area contributed by atoms with Crippen molar-refractivity contribution in [1.82, 2.24) is 5.32 Å². The molecule has 0 saturated heterocycles. The van der Waals surface area contributed by atoms with E-state index in [0.717, 1.165) is 18.4 Å². The van der Waals surface area contributed by atoms with Crippen LogP contribution in [0.4, 0.5) is 10.1 Å². The van der Waals surface area contributed by atoms with Crippen LogP contribution < -0.4 is 10.6 Å². The first-order chi connectivity index (χ1) is 14.5. The van der Waals surface area contributed by atoms with Crippen LogP contribution in [-0.2, 0) is 5.41 Å². The lowest BCUT2D eigenvalue weighted by Crippen LogP contribution is -2.33. The molecule has 30 heavy (non-hydrogen) atoms. The van der Waals surface area contributed by atoms with Crippen LogP contribution in [0.3, 0.4) is 0 Å². The lowest BCUT2D eigenvalue weighted by molar-refractivity contribution is 0.0950. The summed E-state index contributed by atoms with van der Waals surface area (Å²) in [5.74, 6) is -0.826. The number of nitrogens with one attached hydrogen (secondary N) is 2. The summed E-state index contributed by atoms with van der Waals surface area (Å²) in [5.41, 5.74) is 2.21. The van der Waals surface area contributed by atoms with E-state index in [2.05, 4.69) is 26.6 Å². The van der Waals surface area contributed by atoms with Gasteiger partial charge in [0.05, 0.1) is 16.8 Å². The number of para-hydroxylation sites is 1. The van der Waals surface area contributed by atoms with Gasteiger partial charge in [-0.15, -0.1) is 0 Å². The average molecular weight is 467 g/mol. The Balaban J connectivity index is 1.47. The maximum atomic E-state index is 13.2. The summed E-state index contributed by atoms with van der Waals surface area (Å²) >= 11 is 3.37. The van der Waals surface area contributed by atoms with Crippen LogP contribution in [0.1, 0.15) is 39.1 Å². The number of amides is 2. The van der Waals surface area contributed by atoms with E-state index < -0.39 is 0 Å². The normalized spacial score (nSPS) is 14.1. The molecule has 0 radical (unpaired) electrons. The molecule has 2 amide bonds. The van der Waals surface area contributed by atoms with E-state index in [4.69, 9.17) is 0 Å². The minimum Gasteiger partial charge on any atom is -0.351 e. The molecule has 0 bridgehead atoms. The Morgan fingerprint density at radius 3 is 2.17 bits per heavy atom. The smallest absolute Gasteiger partial charge is 0.256 e. The Morgan fingerprint density at radius 2 is 1.50 bits per heavy atom. The van der Waals surface area contributed by atoms with Crippen molar-refractivity contribution >= 4 is 33.4 Å². The first-order valence-electron chi connectivity index (χ1n) is 9.68. The molecule has 2 N–H and O–H groups in total. The summed E-state index contributed by atoms with van der Waals surface area (Å²) in [6.07, 6.45) is 1.89. The van der Waals surface area contributed by atoms with E-state index in [1.165, 1.54) is 12.1 Å². The van der Waals surface area contributed by atoms with Gasteiger partial charge in [0.2, 0.25) is 0 Å². The average Bonchev–Trinajstić information content (AvgIpc) is 3.54. The number of hydrogen-bond donors (Lipinski definition) is 2. The van der Waals surface area contributed by atoms with Gasteiger partial charge < -0.3 is 10.6 Å². The summed E-state index contributed by atoms with van der Waals surface area (Å²) in [6.45, 7) is 0.462. The molecule has 3 aromatic rings. The number of benzene rings is 3. The van der Waals surface area contributed by atoms with Gasteiger partial charge in [0.25, 0.3) is 11.8 Å². The van der Waals surface area contributed by atoms with Gasteiger partial charge in [0, 0.05) is 16.4 Å². The maximum absolute atomic E-state index is 13.2. The van der Waals surface area contributed by atoms with Gasteiger partial charge in [-0.25, -0.2) is 4.39 Å². The van der Waals surface area contributed by atoms with E-state index in [1.807, 2.05) is 6.07 Å². The van der Waals surface area contributed by atoms with Gasteiger partial charge in [-0.05, 0) is 70.7 Å². The van der Waals surface area contributed by atoms with Crippen LogP contribution in [0, 0.1) is 5.82 Å². The fourth-order valence-electron chi connectivity index (χ4n) is 3.49. The van der Waals surface area contributed by atoms with Crippen molar-refractivity contribution in [1.29, 1.82) is 0 Å². The molecular weight excluding hydrogens is 447 g/mol. The summed E-state index contributed by atoms with van der Waals surface area (Å²) in [7, 11) is 0. The van der Waals surface area contributed by atoms with Crippen molar-refractivity contribution in [3.8, 4) is 0 Å². The Labute approximate surface area is 182 Å². The minimum absolute atomic E-state index is 0.142. The number of halogens is 2. The summed E-state index contributed by atoms with van der Waals surface area (Å²) in [4.78, 5) is 25.5. The lowest BCUT2D eigenvalue weighted by Gasteiger charge is -2.18. The largest absolute Gasteiger partial charge is 0.351 e. The van der Waals surface area contributed by atoms with Gasteiger partial charge in [-0.1, -0.05) is 36.4 Å². The van der Waals surface area contributed by atoms with Crippen molar-refractivity contribution in [2.24, 2.45) is 0 Å². The van der Waals surface area contributed by atoms with Gasteiger partial charge >= 0.3 is 0 Å². The molecule has 0 atom stereocenters. The van der Waals surface area contributed by atoms with Gasteiger partial charge in [0.15, 0.2) is 0 Å². The summed E-state index contributed by atoms with van der Waals surface area (Å²) < 4.78 is 13.9. The quantitative estimate of drug-likeness (QED) is 0.517. The third kappa shape index (κ3) is 4.28. The molecule has 6 heteroatoms. The Hall–Kier alpha value is -2.99. The second-order valence-corrected chi connectivity index (χ2v) is 8.30. The molecule has 0 aliphatic heterocycles. The van der Waals surface area contributed by atoms with Crippen LogP contribution in [0.25, 0.3) is 0 Å². The predicted octanol–water partition coefficient (Wildman–Crippen LogP) is 5.30. The highest BCUT2D eigenvalue weighted by atomic mass is 79.9. The topological polar surface area (TPSA) is 58.2 Å². The highest BCUT2D eigenvalue weighted by Crippen LogP contribution is 2.47. The van der Waals surface area contributed by atoms with Gasteiger partial charge in [-0.3, -0.25) is 9.59 Å². The van der Waals surface area contributed by atoms with Crippen LogP contribution in [0.15, 0.2) is 77.3 Å². The zero-order valence-corrected chi connectivity index (χ0v) is 17.7. The molecule has 1 saturated carbocycles. The van der Waals surface area contributed by atoms with Crippen molar-refractivity contribution in [3.05, 3.63) is 99.8 Å². The second kappa shape index (κ2) is 8.40. The minimum atomic E-state index is -0.298. The third-order valence-electron chi connectivity index (χ3n) is 5.44. The third-order valence-corrected chi connectivity index (χ3v) is 6.13. The molecule has 4 rings (SSSR count). The molecule has 4 nitrogen and oxygen atoms in total. The fourth-order valence-corrected chi connectivity index (χ4v) is 3.96. The Morgan fingerprint density at radius 1 is 0.867 bits per heavy atom. The molecule has 1 aliphatic carbocycles. The van der Waals surface area contributed by atoms with E-state index >= 15 is 0 Å². The second-order valence-electron chi connectivity index (χ2n) is 7.45. The Bertz CT molecular complexity index is 1090. The van der Waals surface area contributed by atoms with E-state index in [-0.39, 0.29) is 23.0 Å². The number of rotatable bonds is 6. The fraction of sp³-hybridized carbons (Fsp3) is 0.167. The van der Waals surface area contributed by atoms with Crippen LogP contribution in [0.2, 0.25) is 0 Å². The molecule has 0 unspecified atom stereocenters. The van der Waals surface area contributed by atoms with Crippen molar-refractivity contribution in [3.63, 3.8) is 0 Å². The first-order valence-corrected chi connectivity index (χ1v) is 10.5. The van der Waals surface area contributed by atoms with Crippen LogP contribution in [0.5, 0.6) is 0 Å². The number of carbonyl (C=O) groups is 2. The monoisotopic (exact) mass is 466 g/mol. The number of anilines is 1. The standard InChI is InChI=1S/C24H20BrFN2O2/c25-20-7-3-1-5-18(20)23(30)28-21-8-4-2-6-19(21)22(29)27-15-24(13-14-24)16-9-11-17(26)12-10-16/h1-12H,13-15H2,(H,27,29)(H,28,30).